The Balaban J connectivity index is 1.62. The van der Waals surface area contributed by atoms with Crippen LogP contribution in [-0.4, -0.2) is 18.0 Å². The smallest absolute Gasteiger partial charge is 0.270 e. The molecule has 5 heteroatoms. The molecule has 0 bridgehead atoms. The molecule has 1 aromatic heterocycles. The fraction of sp³-hybridized carbons (Fsp3) is 0.100. The topological polar surface area (TPSA) is 63.2 Å². The molecule has 126 valence electrons. The highest BCUT2D eigenvalue weighted by Crippen LogP contribution is 2.26. The SMILES string of the molecule is COc1ccccc1Nc1ccc(C(=O)NCc2ccccc2)nc1. The number of methoxy groups -OCH3 is 1. The van der Waals surface area contributed by atoms with Gasteiger partial charge in [-0.3, -0.25) is 4.79 Å². The third kappa shape index (κ3) is 4.35. The summed E-state index contributed by atoms with van der Waals surface area (Å²) in [7, 11) is 1.62. The Labute approximate surface area is 146 Å². The molecule has 0 saturated carbocycles. The average Bonchev–Trinajstić information content (AvgIpc) is 2.68. The fourth-order valence-electron chi connectivity index (χ4n) is 2.37. The molecule has 1 amide bonds. The first-order valence-electron chi connectivity index (χ1n) is 7.94. The highest BCUT2D eigenvalue weighted by molar-refractivity contribution is 5.92. The van der Waals surface area contributed by atoms with Gasteiger partial charge in [0.1, 0.15) is 11.4 Å². The van der Waals surface area contributed by atoms with E-state index in [0.29, 0.717) is 12.2 Å². The number of nitrogens with one attached hydrogen (secondary N) is 2. The quantitative estimate of drug-likeness (QED) is 0.721. The number of benzene rings is 2. The maximum atomic E-state index is 12.2. The molecule has 1 heterocycles. The van der Waals surface area contributed by atoms with Crippen molar-refractivity contribution in [2.24, 2.45) is 0 Å². The molecule has 2 N–H and O–H groups in total. The molecule has 0 unspecified atom stereocenters. The lowest BCUT2D eigenvalue weighted by Crippen LogP contribution is -2.23. The van der Waals surface area contributed by atoms with Crippen LogP contribution in [0.1, 0.15) is 16.1 Å². The molecule has 0 spiro atoms. The van der Waals surface area contributed by atoms with Crippen molar-refractivity contribution in [1.29, 1.82) is 0 Å². The Morgan fingerprint density at radius 2 is 1.76 bits per heavy atom. The lowest BCUT2D eigenvalue weighted by Gasteiger charge is -2.11. The summed E-state index contributed by atoms with van der Waals surface area (Å²) in [5.74, 6) is 0.542. The third-order valence-corrected chi connectivity index (χ3v) is 3.68. The minimum absolute atomic E-state index is 0.201. The van der Waals surface area contributed by atoms with Gasteiger partial charge in [0.15, 0.2) is 0 Å². The van der Waals surface area contributed by atoms with E-state index in [1.165, 1.54) is 0 Å². The number of amides is 1. The number of pyridine rings is 1. The van der Waals surface area contributed by atoms with Gasteiger partial charge >= 0.3 is 0 Å². The van der Waals surface area contributed by atoms with Gasteiger partial charge in [0.05, 0.1) is 24.7 Å². The molecule has 0 fully saturated rings. The number of nitrogens with zero attached hydrogens (tertiary/aromatic N) is 1. The Morgan fingerprint density at radius 3 is 2.48 bits per heavy atom. The molecule has 2 aromatic carbocycles. The highest BCUT2D eigenvalue weighted by atomic mass is 16.5. The first-order chi connectivity index (χ1) is 12.3. The zero-order chi connectivity index (χ0) is 17.5. The number of rotatable bonds is 6. The molecule has 0 aliphatic heterocycles. The predicted molar refractivity (Wildman–Crippen MR) is 98.1 cm³/mol. The van der Waals surface area contributed by atoms with Gasteiger partial charge in [0, 0.05) is 6.54 Å². The molecule has 3 rings (SSSR count). The Bertz CT molecular complexity index is 833. The second-order valence-corrected chi connectivity index (χ2v) is 5.43. The Kier molecular flexibility index (Phi) is 5.26. The molecule has 0 saturated heterocycles. The van der Waals surface area contributed by atoms with Crippen LogP contribution in [0.5, 0.6) is 5.75 Å². The van der Waals surface area contributed by atoms with Gasteiger partial charge in [-0.15, -0.1) is 0 Å². The monoisotopic (exact) mass is 333 g/mol. The largest absolute Gasteiger partial charge is 0.495 e. The maximum Gasteiger partial charge on any atom is 0.270 e. The summed E-state index contributed by atoms with van der Waals surface area (Å²) in [5, 5.41) is 6.09. The standard InChI is InChI=1S/C20H19N3O2/c1-25-19-10-6-5-9-17(19)23-16-11-12-18(21-14-16)20(24)22-13-15-7-3-2-4-8-15/h2-12,14,23H,13H2,1H3,(H,22,24). The van der Waals surface area contributed by atoms with Crippen LogP contribution in [0.3, 0.4) is 0 Å². The number of para-hydroxylation sites is 2. The van der Waals surface area contributed by atoms with Gasteiger partial charge in [0.2, 0.25) is 0 Å². The predicted octanol–water partition coefficient (Wildman–Crippen LogP) is 3.76. The molecule has 0 radical (unpaired) electrons. The summed E-state index contributed by atoms with van der Waals surface area (Å²) in [6.07, 6.45) is 1.63. The van der Waals surface area contributed by atoms with E-state index < -0.39 is 0 Å². The van der Waals surface area contributed by atoms with Crippen molar-refractivity contribution in [1.82, 2.24) is 10.3 Å². The fourth-order valence-corrected chi connectivity index (χ4v) is 2.37. The average molecular weight is 333 g/mol. The first kappa shape index (κ1) is 16.5. The van der Waals surface area contributed by atoms with Crippen molar-refractivity contribution in [3.8, 4) is 5.75 Å². The van der Waals surface area contributed by atoms with E-state index in [1.54, 1.807) is 19.4 Å². The lowest BCUT2D eigenvalue weighted by atomic mass is 10.2. The van der Waals surface area contributed by atoms with Crippen LogP contribution >= 0.6 is 0 Å². The lowest BCUT2D eigenvalue weighted by molar-refractivity contribution is 0.0946. The number of anilines is 2. The molecule has 5 nitrogen and oxygen atoms in total. The minimum atomic E-state index is -0.201. The van der Waals surface area contributed by atoms with Crippen LogP contribution in [0.25, 0.3) is 0 Å². The molecular weight excluding hydrogens is 314 g/mol. The normalized spacial score (nSPS) is 10.1. The van der Waals surface area contributed by atoms with E-state index in [-0.39, 0.29) is 5.91 Å². The van der Waals surface area contributed by atoms with Crippen LogP contribution in [0.15, 0.2) is 72.9 Å². The van der Waals surface area contributed by atoms with Crippen molar-refractivity contribution < 1.29 is 9.53 Å². The number of carbonyl (C=O) groups is 1. The maximum absolute atomic E-state index is 12.2. The highest BCUT2D eigenvalue weighted by Gasteiger charge is 2.08. The van der Waals surface area contributed by atoms with Crippen LogP contribution in [0.2, 0.25) is 0 Å². The Morgan fingerprint density at radius 1 is 1.00 bits per heavy atom. The number of hydrogen-bond acceptors (Lipinski definition) is 4. The zero-order valence-electron chi connectivity index (χ0n) is 13.9. The summed E-state index contributed by atoms with van der Waals surface area (Å²) < 4.78 is 5.31. The number of carbonyl (C=O) groups excluding carboxylic acids is 1. The number of ether oxygens (including phenoxy) is 1. The van der Waals surface area contributed by atoms with E-state index in [4.69, 9.17) is 4.74 Å². The van der Waals surface area contributed by atoms with Gasteiger partial charge in [-0.25, -0.2) is 4.98 Å². The summed E-state index contributed by atoms with van der Waals surface area (Å²) in [6.45, 7) is 0.475. The summed E-state index contributed by atoms with van der Waals surface area (Å²) in [6, 6.07) is 20.9. The van der Waals surface area contributed by atoms with Crippen molar-refractivity contribution in [2.45, 2.75) is 6.54 Å². The van der Waals surface area contributed by atoms with E-state index in [1.807, 2.05) is 60.7 Å². The van der Waals surface area contributed by atoms with E-state index in [0.717, 1.165) is 22.7 Å². The van der Waals surface area contributed by atoms with E-state index in [9.17, 15) is 4.79 Å². The number of aromatic nitrogens is 1. The summed E-state index contributed by atoms with van der Waals surface area (Å²) in [4.78, 5) is 16.4. The third-order valence-electron chi connectivity index (χ3n) is 3.68. The summed E-state index contributed by atoms with van der Waals surface area (Å²) in [5.41, 5.74) is 3.05. The second-order valence-electron chi connectivity index (χ2n) is 5.43. The van der Waals surface area contributed by atoms with Crippen molar-refractivity contribution >= 4 is 17.3 Å². The minimum Gasteiger partial charge on any atom is -0.495 e. The second kappa shape index (κ2) is 7.97. The van der Waals surface area contributed by atoms with Gasteiger partial charge in [-0.2, -0.15) is 0 Å². The summed E-state index contributed by atoms with van der Waals surface area (Å²) >= 11 is 0. The molecule has 0 atom stereocenters. The molecule has 25 heavy (non-hydrogen) atoms. The molecule has 0 aliphatic carbocycles. The zero-order valence-corrected chi connectivity index (χ0v) is 13.9. The number of hydrogen-bond donors (Lipinski definition) is 2. The van der Waals surface area contributed by atoms with Gasteiger partial charge in [0.25, 0.3) is 5.91 Å². The van der Waals surface area contributed by atoms with Crippen molar-refractivity contribution in [3.63, 3.8) is 0 Å². The van der Waals surface area contributed by atoms with Crippen LogP contribution < -0.4 is 15.4 Å². The molecular formula is C20H19N3O2. The van der Waals surface area contributed by atoms with Crippen LogP contribution in [0.4, 0.5) is 11.4 Å². The van der Waals surface area contributed by atoms with E-state index in [2.05, 4.69) is 15.6 Å². The van der Waals surface area contributed by atoms with Crippen molar-refractivity contribution in [2.75, 3.05) is 12.4 Å². The Hall–Kier alpha value is -3.34. The van der Waals surface area contributed by atoms with Gasteiger partial charge < -0.3 is 15.4 Å². The first-order valence-corrected chi connectivity index (χ1v) is 7.94. The van der Waals surface area contributed by atoms with Crippen LogP contribution in [-0.2, 0) is 6.54 Å². The van der Waals surface area contributed by atoms with Crippen molar-refractivity contribution in [3.05, 3.63) is 84.2 Å². The molecule has 0 aliphatic rings. The van der Waals surface area contributed by atoms with Gasteiger partial charge in [-0.05, 0) is 29.8 Å². The molecule has 3 aromatic rings. The van der Waals surface area contributed by atoms with Gasteiger partial charge in [-0.1, -0.05) is 42.5 Å². The van der Waals surface area contributed by atoms with Crippen LogP contribution in [0, 0.1) is 0 Å². The van der Waals surface area contributed by atoms with E-state index >= 15 is 0 Å².